The van der Waals surface area contributed by atoms with E-state index in [1.54, 1.807) is 0 Å². The molecular formula is C13H18ClFN2O2S. The Hall–Kier alpha value is -0.850. The zero-order valence-corrected chi connectivity index (χ0v) is 12.8. The minimum atomic E-state index is -3.78. The Morgan fingerprint density at radius 2 is 2.10 bits per heavy atom. The average molecular weight is 321 g/mol. The first-order chi connectivity index (χ1) is 9.30. The van der Waals surface area contributed by atoms with Crippen LogP contribution in [0, 0.1) is 11.2 Å². The molecule has 1 aromatic carbocycles. The summed E-state index contributed by atoms with van der Waals surface area (Å²) in [4.78, 5) is -0.177. The fourth-order valence-corrected chi connectivity index (χ4v) is 4.11. The van der Waals surface area contributed by atoms with Crippen LogP contribution in [0.3, 0.4) is 0 Å². The molecule has 1 aromatic rings. The molecule has 1 saturated carbocycles. The fraction of sp³-hybridized carbons (Fsp3) is 0.538. The summed E-state index contributed by atoms with van der Waals surface area (Å²) in [5.41, 5.74) is 5.22. The highest BCUT2D eigenvalue weighted by Gasteiger charge is 2.36. The van der Waals surface area contributed by atoms with Gasteiger partial charge < -0.3 is 5.73 Å². The minimum Gasteiger partial charge on any atom is -0.396 e. The molecule has 1 aliphatic rings. The first-order valence-electron chi connectivity index (χ1n) is 6.54. The Balaban J connectivity index is 2.20. The predicted molar refractivity (Wildman–Crippen MR) is 77.6 cm³/mol. The highest BCUT2D eigenvalue weighted by molar-refractivity contribution is 7.89. The first kappa shape index (κ1) is 15.5. The molecule has 7 heteroatoms. The van der Waals surface area contributed by atoms with Crippen LogP contribution in [0.5, 0.6) is 0 Å². The van der Waals surface area contributed by atoms with Crippen molar-refractivity contribution in [2.75, 3.05) is 12.3 Å². The summed E-state index contributed by atoms with van der Waals surface area (Å²) in [6.07, 6.45) is 4.09. The summed E-state index contributed by atoms with van der Waals surface area (Å²) in [5, 5.41) is -0.164. The van der Waals surface area contributed by atoms with Crippen molar-refractivity contribution >= 4 is 27.3 Å². The van der Waals surface area contributed by atoms with Crippen molar-refractivity contribution in [2.45, 2.75) is 37.5 Å². The second-order valence-electron chi connectivity index (χ2n) is 5.34. The molecule has 3 N–H and O–H groups in total. The Morgan fingerprint density at radius 3 is 2.60 bits per heavy atom. The SMILES string of the molecule is CCC1(CNS(=O)(=O)c2cc(N)c(F)cc2Cl)CCC1. The second kappa shape index (κ2) is 5.50. The van der Waals surface area contributed by atoms with E-state index in [2.05, 4.69) is 11.6 Å². The summed E-state index contributed by atoms with van der Waals surface area (Å²) >= 11 is 5.80. The molecule has 0 spiro atoms. The van der Waals surface area contributed by atoms with Crippen molar-refractivity contribution in [1.29, 1.82) is 0 Å². The molecule has 112 valence electrons. The quantitative estimate of drug-likeness (QED) is 0.819. The summed E-state index contributed by atoms with van der Waals surface area (Å²) in [7, 11) is -3.78. The maximum atomic E-state index is 13.2. The molecule has 4 nitrogen and oxygen atoms in total. The van der Waals surface area contributed by atoms with E-state index >= 15 is 0 Å². The third kappa shape index (κ3) is 2.92. The van der Waals surface area contributed by atoms with Crippen LogP contribution in [0.15, 0.2) is 17.0 Å². The number of nitrogen functional groups attached to an aromatic ring is 1. The predicted octanol–water partition coefficient (Wildman–Crippen LogP) is 2.92. The molecule has 0 aromatic heterocycles. The summed E-state index contributed by atoms with van der Waals surface area (Å²) in [6.45, 7) is 2.43. The van der Waals surface area contributed by atoms with Crippen LogP contribution in [0.4, 0.5) is 10.1 Å². The van der Waals surface area contributed by atoms with E-state index in [1.165, 1.54) is 0 Å². The molecule has 0 heterocycles. The number of rotatable bonds is 5. The van der Waals surface area contributed by atoms with Crippen LogP contribution in [0.2, 0.25) is 5.02 Å². The van der Waals surface area contributed by atoms with Gasteiger partial charge in [-0.2, -0.15) is 0 Å². The molecule has 0 unspecified atom stereocenters. The smallest absolute Gasteiger partial charge is 0.242 e. The number of sulfonamides is 1. The standard InChI is InChI=1S/C13H18ClFN2O2S/c1-2-13(4-3-5-13)8-17-20(18,19)12-7-11(16)10(15)6-9(12)14/h6-7,17H,2-5,8,16H2,1H3. The molecule has 0 radical (unpaired) electrons. The largest absolute Gasteiger partial charge is 0.396 e. The van der Waals surface area contributed by atoms with Crippen molar-refractivity contribution in [1.82, 2.24) is 4.72 Å². The van der Waals surface area contributed by atoms with Gasteiger partial charge in [-0.1, -0.05) is 24.9 Å². The topological polar surface area (TPSA) is 72.2 Å². The maximum absolute atomic E-state index is 13.2. The fourth-order valence-electron chi connectivity index (χ4n) is 2.41. The molecule has 0 bridgehead atoms. The molecule has 0 atom stereocenters. The normalized spacial score (nSPS) is 17.8. The number of benzene rings is 1. The number of nitrogens with two attached hydrogens (primary N) is 1. The average Bonchev–Trinajstić information content (AvgIpc) is 2.32. The van der Waals surface area contributed by atoms with Crippen LogP contribution in [-0.2, 0) is 10.0 Å². The van der Waals surface area contributed by atoms with Gasteiger partial charge in [-0.05, 0) is 36.8 Å². The highest BCUT2D eigenvalue weighted by Crippen LogP contribution is 2.43. The van der Waals surface area contributed by atoms with Crippen LogP contribution in [0.1, 0.15) is 32.6 Å². The minimum absolute atomic E-state index is 0.0467. The van der Waals surface area contributed by atoms with E-state index in [4.69, 9.17) is 17.3 Å². The van der Waals surface area contributed by atoms with Crippen molar-refractivity contribution < 1.29 is 12.8 Å². The molecular weight excluding hydrogens is 303 g/mol. The molecule has 2 rings (SSSR count). The van der Waals surface area contributed by atoms with Gasteiger partial charge in [0.15, 0.2) is 0 Å². The van der Waals surface area contributed by atoms with Gasteiger partial charge in [0.1, 0.15) is 10.7 Å². The van der Waals surface area contributed by atoms with Gasteiger partial charge in [0.2, 0.25) is 10.0 Å². The van der Waals surface area contributed by atoms with E-state index in [9.17, 15) is 12.8 Å². The van der Waals surface area contributed by atoms with Gasteiger partial charge in [-0.3, -0.25) is 0 Å². The van der Waals surface area contributed by atoms with E-state index in [0.717, 1.165) is 37.8 Å². The zero-order chi connectivity index (χ0) is 15.0. The third-order valence-electron chi connectivity index (χ3n) is 4.14. The first-order valence-corrected chi connectivity index (χ1v) is 8.40. The Kier molecular flexibility index (Phi) is 4.27. The number of halogens is 2. The summed E-state index contributed by atoms with van der Waals surface area (Å²) < 4.78 is 40.3. The Labute approximate surface area is 123 Å². The third-order valence-corrected chi connectivity index (χ3v) is 6.01. The molecule has 20 heavy (non-hydrogen) atoms. The number of hydrogen-bond donors (Lipinski definition) is 2. The lowest BCUT2D eigenvalue weighted by Gasteiger charge is -2.41. The van der Waals surface area contributed by atoms with Crippen molar-refractivity contribution in [3.8, 4) is 0 Å². The summed E-state index contributed by atoms with van der Waals surface area (Å²) in [6, 6.07) is 1.98. The number of hydrogen-bond acceptors (Lipinski definition) is 3. The van der Waals surface area contributed by atoms with Crippen molar-refractivity contribution in [3.05, 3.63) is 23.0 Å². The van der Waals surface area contributed by atoms with E-state index < -0.39 is 15.8 Å². The molecule has 1 aliphatic carbocycles. The van der Waals surface area contributed by atoms with Gasteiger partial charge in [-0.15, -0.1) is 0 Å². The van der Waals surface area contributed by atoms with Crippen LogP contribution >= 0.6 is 11.6 Å². The zero-order valence-electron chi connectivity index (χ0n) is 11.2. The highest BCUT2D eigenvalue weighted by atomic mass is 35.5. The van der Waals surface area contributed by atoms with Crippen molar-refractivity contribution in [2.24, 2.45) is 5.41 Å². The van der Waals surface area contributed by atoms with Gasteiger partial charge in [0.25, 0.3) is 0 Å². The van der Waals surface area contributed by atoms with Crippen LogP contribution in [0.25, 0.3) is 0 Å². The van der Waals surface area contributed by atoms with Crippen molar-refractivity contribution in [3.63, 3.8) is 0 Å². The second-order valence-corrected chi connectivity index (χ2v) is 7.48. The lowest BCUT2D eigenvalue weighted by atomic mass is 9.67. The molecule has 0 amide bonds. The summed E-state index contributed by atoms with van der Waals surface area (Å²) in [5.74, 6) is -0.724. The molecule has 1 fully saturated rings. The van der Waals surface area contributed by atoms with E-state index in [-0.39, 0.29) is 21.0 Å². The monoisotopic (exact) mass is 320 g/mol. The lowest BCUT2D eigenvalue weighted by Crippen LogP contribution is -2.41. The lowest BCUT2D eigenvalue weighted by molar-refractivity contribution is 0.133. The maximum Gasteiger partial charge on any atom is 0.242 e. The van der Waals surface area contributed by atoms with Crippen LogP contribution in [-0.4, -0.2) is 15.0 Å². The van der Waals surface area contributed by atoms with E-state index in [1.807, 2.05) is 0 Å². The Morgan fingerprint density at radius 1 is 1.45 bits per heavy atom. The van der Waals surface area contributed by atoms with Gasteiger partial charge in [0.05, 0.1) is 10.7 Å². The number of anilines is 1. The van der Waals surface area contributed by atoms with Gasteiger partial charge in [0, 0.05) is 6.54 Å². The molecule has 0 aliphatic heterocycles. The van der Waals surface area contributed by atoms with E-state index in [0.29, 0.717) is 6.54 Å². The molecule has 0 saturated heterocycles. The van der Waals surface area contributed by atoms with Gasteiger partial charge in [-0.25, -0.2) is 17.5 Å². The Bertz CT molecular complexity index is 610. The number of nitrogens with one attached hydrogen (secondary N) is 1. The van der Waals surface area contributed by atoms with Crippen LogP contribution < -0.4 is 10.5 Å². The van der Waals surface area contributed by atoms with Gasteiger partial charge >= 0.3 is 0 Å².